The second kappa shape index (κ2) is 29.1. The second-order valence-corrected chi connectivity index (χ2v) is 21.1. The van der Waals surface area contributed by atoms with Gasteiger partial charge in [0.15, 0.2) is 0 Å². The molecule has 11 heteroatoms. The number of rotatable bonds is 20. The van der Waals surface area contributed by atoms with E-state index in [0.717, 1.165) is 83.1 Å². The fraction of sp³-hybridized carbons (Fsp3) is 0.508. The van der Waals surface area contributed by atoms with Gasteiger partial charge in [0, 0.05) is 73.8 Å². The SMILES string of the molecule is C=C/C(=C\C=C(/C)N1CCC(C)(CCN(CC)CC2CCN(C)CC2)C1)C(C=C)CCC(=O)NC.C=C/C=C(\C=C/C)Nc1ncc2ccc(-c3cnc4c(c3C)N(C=C)CCO4)cc2n1.CCC(C)(C)C. The Hall–Kier alpha value is -5.78. The van der Waals surface area contributed by atoms with E-state index >= 15 is 0 Å². The van der Waals surface area contributed by atoms with E-state index in [-0.39, 0.29) is 11.8 Å². The van der Waals surface area contributed by atoms with Crippen LogP contribution >= 0.6 is 0 Å². The monoisotopic (exact) mass is 982 g/mol. The van der Waals surface area contributed by atoms with Gasteiger partial charge in [-0.05, 0) is 150 Å². The number of ether oxygens (including phenoxy) is 1. The van der Waals surface area contributed by atoms with Crippen LogP contribution in [0.5, 0.6) is 5.88 Å². The Morgan fingerprint density at radius 2 is 1.78 bits per heavy atom. The molecule has 3 aromatic rings. The lowest BCUT2D eigenvalue weighted by atomic mass is 9.85. The molecule has 11 nitrogen and oxygen atoms in total. The third-order valence-corrected chi connectivity index (χ3v) is 14.5. The smallest absolute Gasteiger partial charge is 0.238 e. The van der Waals surface area contributed by atoms with Gasteiger partial charge in [0.05, 0.1) is 12.1 Å². The minimum Gasteiger partial charge on any atom is -0.474 e. The summed E-state index contributed by atoms with van der Waals surface area (Å²) in [5.74, 6) is 2.25. The van der Waals surface area contributed by atoms with Crippen molar-refractivity contribution >= 4 is 28.4 Å². The summed E-state index contributed by atoms with van der Waals surface area (Å²) in [6.45, 7) is 45.4. The molecule has 0 saturated carbocycles. The highest BCUT2D eigenvalue weighted by atomic mass is 16.5. The molecule has 6 rings (SSSR count). The molecule has 72 heavy (non-hydrogen) atoms. The maximum absolute atomic E-state index is 11.7. The number of nitrogens with zero attached hydrogens (tertiary/aromatic N) is 7. The van der Waals surface area contributed by atoms with Crippen molar-refractivity contribution in [2.45, 2.75) is 107 Å². The van der Waals surface area contributed by atoms with Crippen molar-refractivity contribution in [3.63, 3.8) is 0 Å². The van der Waals surface area contributed by atoms with Gasteiger partial charge in [0.1, 0.15) is 12.3 Å². The van der Waals surface area contributed by atoms with Crippen LogP contribution in [0.2, 0.25) is 0 Å². The molecule has 1 amide bonds. The minimum absolute atomic E-state index is 0.0660. The molecule has 3 aliphatic rings. The van der Waals surface area contributed by atoms with Gasteiger partial charge in [-0.3, -0.25) is 4.79 Å². The van der Waals surface area contributed by atoms with E-state index in [4.69, 9.17) is 9.72 Å². The highest BCUT2D eigenvalue weighted by Gasteiger charge is 2.34. The summed E-state index contributed by atoms with van der Waals surface area (Å²) in [5.41, 5.74) is 9.20. The van der Waals surface area contributed by atoms with E-state index in [0.29, 0.717) is 35.7 Å². The zero-order valence-corrected chi connectivity index (χ0v) is 46.3. The van der Waals surface area contributed by atoms with Gasteiger partial charge in [-0.15, -0.1) is 6.58 Å². The normalized spacial score (nSPS) is 18.4. The number of piperidine rings is 1. The zero-order valence-electron chi connectivity index (χ0n) is 46.3. The lowest BCUT2D eigenvalue weighted by molar-refractivity contribution is -0.120. The molecule has 1 aromatic carbocycles. The van der Waals surface area contributed by atoms with Crippen molar-refractivity contribution in [1.29, 1.82) is 0 Å². The Morgan fingerprint density at radius 1 is 1.04 bits per heavy atom. The quantitative estimate of drug-likeness (QED) is 0.0841. The van der Waals surface area contributed by atoms with E-state index in [1.165, 1.54) is 64.0 Å². The number of hydrogen-bond acceptors (Lipinski definition) is 10. The Bertz CT molecular complexity index is 2380. The number of carbonyl (C=O) groups excluding carboxylic acids is 1. The molecule has 5 heterocycles. The second-order valence-electron chi connectivity index (χ2n) is 21.1. The molecule has 0 aliphatic carbocycles. The molecule has 2 saturated heterocycles. The van der Waals surface area contributed by atoms with Crippen LogP contribution in [-0.2, 0) is 4.79 Å². The van der Waals surface area contributed by atoms with E-state index in [1.807, 2.05) is 62.0 Å². The molecular formula is C61H91N9O2. The van der Waals surface area contributed by atoms with Gasteiger partial charge in [0.2, 0.25) is 17.7 Å². The number of likely N-dealkylation sites (tertiary alicyclic amines) is 2. The fourth-order valence-corrected chi connectivity index (χ4v) is 9.11. The van der Waals surface area contributed by atoms with Gasteiger partial charge in [-0.1, -0.05) is 110 Å². The number of carbonyl (C=O) groups is 1. The number of pyridine rings is 1. The maximum atomic E-state index is 11.7. The number of fused-ring (bicyclic) bond motifs is 2. The van der Waals surface area contributed by atoms with Gasteiger partial charge in [0.25, 0.3) is 0 Å². The van der Waals surface area contributed by atoms with Crippen LogP contribution in [-0.4, -0.2) is 109 Å². The van der Waals surface area contributed by atoms with Gasteiger partial charge < -0.3 is 35.0 Å². The molecule has 2 N–H and O–H groups in total. The molecule has 3 aliphatic heterocycles. The van der Waals surface area contributed by atoms with Gasteiger partial charge >= 0.3 is 0 Å². The topological polar surface area (TPSA) is 102 Å². The Balaban J connectivity index is 0.000000282. The fourth-order valence-electron chi connectivity index (χ4n) is 9.11. The van der Waals surface area contributed by atoms with Crippen LogP contribution in [0.3, 0.4) is 0 Å². The van der Waals surface area contributed by atoms with Crippen LogP contribution < -0.4 is 20.3 Å². The molecule has 0 radical (unpaired) electrons. The zero-order chi connectivity index (χ0) is 52.8. The van der Waals surface area contributed by atoms with Crippen molar-refractivity contribution in [3.8, 4) is 17.0 Å². The maximum Gasteiger partial charge on any atom is 0.238 e. The van der Waals surface area contributed by atoms with Gasteiger partial charge in [-0.2, -0.15) is 0 Å². The summed E-state index contributed by atoms with van der Waals surface area (Å²) in [6, 6.07) is 6.16. The summed E-state index contributed by atoms with van der Waals surface area (Å²) >= 11 is 0. The summed E-state index contributed by atoms with van der Waals surface area (Å²) in [5, 5.41) is 6.90. The van der Waals surface area contributed by atoms with Crippen LogP contribution in [0.1, 0.15) is 106 Å². The number of amides is 1. The predicted octanol–water partition coefficient (Wildman–Crippen LogP) is 12.9. The Labute approximate surface area is 435 Å². The molecule has 2 fully saturated rings. The Kier molecular flexibility index (Phi) is 23.7. The highest BCUT2D eigenvalue weighted by molar-refractivity contribution is 5.86. The summed E-state index contributed by atoms with van der Waals surface area (Å²) in [7, 11) is 3.93. The van der Waals surface area contributed by atoms with Crippen molar-refractivity contribution in [2.24, 2.45) is 22.7 Å². The summed E-state index contributed by atoms with van der Waals surface area (Å²) in [4.78, 5) is 35.1. The molecule has 0 bridgehead atoms. The van der Waals surface area contributed by atoms with Crippen molar-refractivity contribution in [1.82, 2.24) is 35.0 Å². The summed E-state index contributed by atoms with van der Waals surface area (Å²) in [6.07, 6.45) is 28.9. The first-order valence-electron chi connectivity index (χ1n) is 26.4. The average molecular weight is 982 g/mol. The van der Waals surface area contributed by atoms with Gasteiger partial charge in [-0.25, -0.2) is 15.0 Å². The predicted molar refractivity (Wildman–Crippen MR) is 307 cm³/mol. The first-order chi connectivity index (χ1) is 34.4. The number of benzene rings is 1. The third-order valence-electron chi connectivity index (χ3n) is 14.5. The number of nitrogens with one attached hydrogen (secondary N) is 2. The lowest BCUT2D eigenvalue weighted by Crippen LogP contribution is -2.38. The van der Waals surface area contributed by atoms with E-state index in [2.05, 4.69) is 153 Å². The van der Waals surface area contributed by atoms with Crippen LogP contribution in [0, 0.1) is 29.6 Å². The van der Waals surface area contributed by atoms with Crippen LogP contribution in [0.4, 0.5) is 11.6 Å². The summed E-state index contributed by atoms with van der Waals surface area (Å²) < 4.78 is 5.74. The molecule has 0 spiro atoms. The van der Waals surface area contributed by atoms with Crippen molar-refractivity contribution < 1.29 is 9.53 Å². The Morgan fingerprint density at radius 3 is 2.40 bits per heavy atom. The van der Waals surface area contributed by atoms with Crippen molar-refractivity contribution in [2.75, 3.05) is 83.3 Å². The molecule has 392 valence electrons. The largest absolute Gasteiger partial charge is 0.474 e. The molecule has 2 unspecified atom stereocenters. The highest BCUT2D eigenvalue weighted by Crippen LogP contribution is 2.39. The lowest BCUT2D eigenvalue weighted by Gasteiger charge is -2.34. The minimum atomic E-state index is 0.0660. The number of allylic oxidation sites excluding steroid dienone is 10. The standard InChI is InChI=1S/C30H52N4O.C25H25N5O.C6H14/c1-8-27(28(9-2)13-14-29(35)31-6)12-11-25(4)34-22-18-30(5,24-34)17-21-33(10-3)23-26-15-19-32(7)20-16-26;1-5-8-20(9-6-2)28-25-27-15-19-11-10-18(14-22(19)29-25)21-16-26-24-23(17(21)4)30(7-3)12-13-31-24;1-5-6(2,3)4/h8-9,11-12,26,28H,1-2,10,13-24H2,3-7H3,(H,31,35);5-11,14-16H,1,3,12-13H2,2,4H3,(H,27,28,29);5H2,1-4H3/b25-11+,27-12+;9-6-,20-8+;. The van der Waals surface area contributed by atoms with Crippen molar-refractivity contribution in [3.05, 3.63) is 134 Å². The number of anilines is 2. The molecule has 2 atom stereocenters. The van der Waals surface area contributed by atoms with E-state index < -0.39 is 0 Å². The van der Waals surface area contributed by atoms with E-state index in [1.54, 1.807) is 13.1 Å². The first-order valence-corrected chi connectivity index (χ1v) is 26.4. The van der Waals surface area contributed by atoms with Crippen LogP contribution in [0.25, 0.3) is 22.0 Å². The average Bonchev–Trinajstić information content (AvgIpc) is 3.78. The third kappa shape index (κ3) is 18.1. The number of hydrogen-bond donors (Lipinski definition) is 2. The molecule has 2 aromatic heterocycles. The van der Waals surface area contributed by atoms with E-state index in [9.17, 15) is 4.79 Å². The molecular weight excluding hydrogens is 891 g/mol. The first kappa shape index (κ1) is 58.8. The number of aromatic nitrogens is 3. The van der Waals surface area contributed by atoms with Crippen LogP contribution in [0.15, 0.2) is 129 Å².